The van der Waals surface area contributed by atoms with Gasteiger partial charge in [0.2, 0.25) is 17.7 Å². The second-order valence-electron chi connectivity index (χ2n) is 6.92. The smallest absolute Gasteiger partial charge is 0.250 e. The summed E-state index contributed by atoms with van der Waals surface area (Å²) in [6, 6.07) is 12.0. The number of rotatable bonds is 6. The van der Waals surface area contributed by atoms with Crippen molar-refractivity contribution in [3.05, 3.63) is 64.6 Å². The van der Waals surface area contributed by atoms with Gasteiger partial charge in [0.15, 0.2) is 0 Å². The number of pyridine rings is 1. The third-order valence-electron chi connectivity index (χ3n) is 5.27. The van der Waals surface area contributed by atoms with Gasteiger partial charge in [-0.3, -0.25) is 24.5 Å². The molecule has 1 aromatic heterocycles. The van der Waals surface area contributed by atoms with Gasteiger partial charge in [-0.25, -0.2) is 0 Å². The van der Waals surface area contributed by atoms with Gasteiger partial charge >= 0.3 is 0 Å². The average molecular weight is 381 g/mol. The number of nitrogens with one attached hydrogen (secondary N) is 2. The van der Waals surface area contributed by atoms with Gasteiger partial charge < -0.3 is 9.88 Å². The Labute approximate surface area is 162 Å². The quantitative estimate of drug-likeness (QED) is 0.748. The van der Waals surface area contributed by atoms with Crippen molar-refractivity contribution in [2.75, 3.05) is 5.32 Å². The maximum atomic E-state index is 12.4. The number of hydrogen-bond donors (Lipinski definition) is 2. The molecule has 0 radical (unpaired) electrons. The Morgan fingerprint density at radius 1 is 1.14 bits per heavy atom. The zero-order valence-electron chi connectivity index (χ0n) is 15.7. The number of aryl methyl sites for hydroxylation is 1. The standard InChI is InChI=1S/C21H23N3O4/c1-2-21(12-10-17(25)23-20(21)28)15-6-8-16(9-7-15)22-18(26)11-14-24-13-4-3-5-19(24)27/h3-9,13H,2,10-12,14H2,1H3,(H,22,26)(H,23,25,28). The maximum absolute atomic E-state index is 12.4. The number of carbonyl (C=O) groups excluding carboxylic acids is 3. The summed E-state index contributed by atoms with van der Waals surface area (Å²) in [6.45, 7) is 2.23. The van der Waals surface area contributed by atoms with Crippen molar-refractivity contribution >= 4 is 23.4 Å². The Kier molecular flexibility index (Phi) is 5.73. The van der Waals surface area contributed by atoms with Crippen molar-refractivity contribution in [3.63, 3.8) is 0 Å². The minimum atomic E-state index is -0.717. The lowest BCUT2D eigenvalue weighted by Gasteiger charge is -2.35. The topological polar surface area (TPSA) is 97.3 Å². The third kappa shape index (κ3) is 4.03. The van der Waals surface area contributed by atoms with Crippen LogP contribution >= 0.6 is 0 Å². The number of aromatic nitrogens is 1. The molecule has 3 rings (SSSR count). The highest BCUT2D eigenvalue weighted by molar-refractivity contribution is 6.03. The first-order chi connectivity index (χ1) is 13.4. The van der Waals surface area contributed by atoms with E-state index in [2.05, 4.69) is 10.6 Å². The van der Waals surface area contributed by atoms with Crippen LogP contribution in [0.1, 0.15) is 38.2 Å². The first-order valence-corrected chi connectivity index (χ1v) is 9.35. The molecule has 2 N–H and O–H groups in total. The molecule has 0 saturated carbocycles. The minimum absolute atomic E-state index is 0.145. The van der Waals surface area contributed by atoms with Crippen LogP contribution in [-0.4, -0.2) is 22.3 Å². The van der Waals surface area contributed by atoms with Gasteiger partial charge in [0, 0.05) is 37.3 Å². The van der Waals surface area contributed by atoms with E-state index in [1.807, 2.05) is 19.1 Å². The SMILES string of the molecule is CCC1(c2ccc(NC(=O)CCn3ccccc3=O)cc2)CCC(=O)NC1=O. The zero-order chi connectivity index (χ0) is 20.1. The van der Waals surface area contributed by atoms with E-state index < -0.39 is 5.41 Å². The summed E-state index contributed by atoms with van der Waals surface area (Å²) in [5.41, 5.74) is 0.584. The van der Waals surface area contributed by atoms with Gasteiger partial charge in [0.05, 0.1) is 5.41 Å². The molecular formula is C21H23N3O4. The largest absolute Gasteiger partial charge is 0.326 e. The van der Waals surface area contributed by atoms with Crippen molar-refractivity contribution in [3.8, 4) is 0 Å². The second-order valence-corrected chi connectivity index (χ2v) is 6.92. The van der Waals surface area contributed by atoms with Crippen molar-refractivity contribution < 1.29 is 14.4 Å². The van der Waals surface area contributed by atoms with Crippen molar-refractivity contribution in [1.29, 1.82) is 0 Å². The number of piperidine rings is 1. The number of hydrogen-bond acceptors (Lipinski definition) is 4. The molecule has 2 aromatic rings. The predicted molar refractivity (Wildman–Crippen MR) is 105 cm³/mol. The van der Waals surface area contributed by atoms with Crippen LogP contribution in [0.3, 0.4) is 0 Å². The fourth-order valence-corrected chi connectivity index (χ4v) is 3.53. The number of imide groups is 1. The lowest BCUT2D eigenvalue weighted by Crippen LogP contribution is -2.51. The number of carbonyl (C=O) groups is 3. The van der Waals surface area contributed by atoms with Crippen LogP contribution in [0.5, 0.6) is 0 Å². The molecule has 1 atom stereocenters. The number of amides is 3. The Hall–Kier alpha value is -3.22. The van der Waals surface area contributed by atoms with Crippen LogP contribution < -0.4 is 16.2 Å². The summed E-state index contributed by atoms with van der Waals surface area (Å²) in [4.78, 5) is 47.7. The van der Waals surface area contributed by atoms with Crippen LogP contribution in [-0.2, 0) is 26.3 Å². The van der Waals surface area contributed by atoms with Crippen molar-refractivity contribution in [1.82, 2.24) is 9.88 Å². The van der Waals surface area contributed by atoms with Crippen LogP contribution in [0.15, 0.2) is 53.5 Å². The van der Waals surface area contributed by atoms with E-state index in [0.717, 1.165) is 5.56 Å². The summed E-state index contributed by atoms with van der Waals surface area (Å²) in [7, 11) is 0. The molecule has 1 aliphatic rings. The Bertz CT molecular complexity index is 949. The molecular weight excluding hydrogens is 358 g/mol. The molecule has 1 aromatic carbocycles. The molecule has 0 spiro atoms. The number of benzene rings is 1. The number of anilines is 1. The van der Waals surface area contributed by atoms with Gasteiger partial charge in [-0.15, -0.1) is 0 Å². The van der Waals surface area contributed by atoms with Crippen molar-refractivity contribution in [2.24, 2.45) is 0 Å². The first-order valence-electron chi connectivity index (χ1n) is 9.35. The molecule has 0 aliphatic carbocycles. The second kappa shape index (κ2) is 8.21. The summed E-state index contributed by atoms with van der Waals surface area (Å²) < 4.78 is 1.48. The zero-order valence-corrected chi connectivity index (χ0v) is 15.7. The van der Waals surface area contributed by atoms with E-state index in [-0.39, 0.29) is 29.7 Å². The van der Waals surface area contributed by atoms with Gasteiger partial charge in [0.25, 0.3) is 5.56 Å². The lowest BCUT2D eigenvalue weighted by molar-refractivity contribution is -0.138. The van der Waals surface area contributed by atoms with Gasteiger partial charge in [-0.1, -0.05) is 25.1 Å². The fraction of sp³-hybridized carbons (Fsp3) is 0.333. The summed E-state index contributed by atoms with van der Waals surface area (Å²) in [5, 5.41) is 5.23. The maximum Gasteiger partial charge on any atom is 0.250 e. The first kappa shape index (κ1) is 19.5. The van der Waals surface area contributed by atoms with Crippen LogP contribution in [0.2, 0.25) is 0 Å². The summed E-state index contributed by atoms with van der Waals surface area (Å²) in [6.07, 6.45) is 3.20. The molecule has 3 amide bonds. The molecule has 1 unspecified atom stereocenters. The Balaban J connectivity index is 1.64. The molecule has 1 aliphatic heterocycles. The highest BCUT2D eigenvalue weighted by Gasteiger charge is 2.42. The van der Waals surface area contributed by atoms with Gasteiger partial charge in [-0.2, -0.15) is 0 Å². The fourth-order valence-electron chi connectivity index (χ4n) is 3.53. The Morgan fingerprint density at radius 2 is 1.89 bits per heavy atom. The molecule has 7 nitrogen and oxygen atoms in total. The van der Waals surface area contributed by atoms with E-state index >= 15 is 0 Å². The molecule has 28 heavy (non-hydrogen) atoms. The monoisotopic (exact) mass is 381 g/mol. The molecule has 7 heteroatoms. The molecule has 1 fully saturated rings. The molecule has 0 bridgehead atoms. The number of nitrogens with zero attached hydrogens (tertiary/aromatic N) is 1. The van der Waals surface area contributed by atoms with E-state index in [9.17, 15) is 19.2 Å². The van der Waals surface area contributed by atoms with Crippen molar-refractivity contribution in [2.45, 2.75) is 44.6 Å². The highest BCUT2D eigenvalue weighted by atomic mass is 16.2. The normalized spacial score (nSPS) is 19.2. The molecule has 146 valence electrons. The van der Waals surface area contributed by atoms with E-state index in [4.69, 9.17) is 0 Å². The van der Waals surface area contributed by atoms with Crippen LogP contribution in [0.4, 0.5) is 5.69 Å². The van der Waals surface area contributed by atoms with Crippen LogP contribution in [0, 0.1) is 0 Å². The van der Waals surface area contributed by atoms with Gasteiger partial charge in [-0.05, 0) is 36.6 Å². The average Bonchev–Trinajstić information content (AvgIpc) is 2.69. The predicted octanol–water partition coefficient (Wildman–Crippen LogP) is 1.96. The molecule has 2 heterocycles. The van der Waals surface area contributed by atoms with E-state index in [1.54, 1.807) is 30.5 Å². The lowest BCUT2D eigenvalue weighted by atomic mass is 9.72. The van der Waals surface area contributed by atoms with Gasteiger partial charge in [0.1, 0.15) is 0 Å². The summed E-state index contributed by atoms with van der Waals surface area (Å²) in [5.74, 6) is -0.707. The Morgan fingerprint density at radius 3 is 2.54 bits per heavy atom. The van der Waals surface area contributed by atoms with E-state index in [0.29, 0.717) is 31.5 Å². The van der Waals surface area contributed by atoms with Crippen LogP contribution in [0.25, 0.3) is 0 Å². The summed E-state index contributed by atoms with van der Waals surface area (Å²) >= 11 is 0. The highest BCUT2D eigenvalue weighted by Crippen LogP contribution is 2.36. The minimum Gasteiger partial charge on any atom is -0.326 e. The third-order valence-corrected chi connectivity index (χ3v) is 5.27. The molecule has 1 saturated heterocycles. The van der Waals surface area contributed by atoms with E-state index in [1.165, 1.54) is 10.6 Å².